The van der Waals surface area contributed by atoms with E-state index in [-0.39, 0.29) is 18.4 Å². The summed E-state index contributed by atoms with van der Waals surface area (Å²) < 4.78 is 5.27. The van der Waals surface area contributed by atoms with Crippen LogP contribution in [-0.4, -0.2) is 47.0 Å². The maximum absolute atomic E-state index is 13.5. The van der Waals surface area contributed by atoms with Crippen LogP contribution in [0.1, 0.15) is 90.5 Å². The van der Waals surface area contributed by atoms with Gasteiger partial charge in [-0.3, -0.25) is 9.59 Å². The van der Waals surface area contributed by atoms with Crippen LogP contribution >= 0.6 is 0 Å². The standard InChI is InChI=1S/C26H43N3O4/c1-10-12-15-27-23(31)22(20-14-13-18(3)16-19(20)4)29(26(8,9)11-2)21(30)17-28-24(32)33-25(5,6)7/h13-14,16,22H,10-12,15,17H2,1-9H3,(H,27,31)(H,28,32). The predicted octanol–water partition coefficient (Wildman–Crippen LogP) is 4.80. The number of hydrogen-bond acceptors (Lipinski definition) is 4. The second kappa shape index (κ2) is 12.1. The highest BCUT2D eigenvalue weighted by molar-refractivity contribution is 5.91. The molecule has 0 saturated carbocycles. The van der Waals surface area contributed by atoms with Crippen LogP contribution < -0.4 is 10.6 Å². The quantitative estimate of drug-likeness (QED) is 0.490. The molecular weight excluding hydrogens is 418 g/mol. The summed E-state index contributed by atoms with van der Waals surface area (Å²) in [5.41, 5.74) is 1.50. The van der Waals surface area contributed by atoms with Crippen LogP contribution in [0.2, 0.25) is 0 Å². The molecule has 1 rings (SSSR count). The second-order valence-corrected chi connectivity index (χ2v) is 10.2. The Labute approximate surface area is 199 Å². The molecule has 1 aromatic carbocycles. The van der Waals surface area contributed by atoms with E-state index in [4.69, 9.17) is 4.74 Å². The Kier molecular flexibility index (Phi) is 10.4. The van der Waals surface area contributed by atoms with Gasteiger partial charge in [0.1, 0.15) is 18.2 Å². The normalized spacial score (nSPS) is 12.6. The Bertz CT molecular complexity index is 827. The van der Waals surface area contributed by atoms with Crippen molar-refractivity contribution in [1.82, 2.24) is 15.5 Å². The summed E-state index contributed by atoms with van der Waals surface area (Å²) in [5, 5.41) is 5.56. The van der Waals surface area contributed by atoms with Gasteiger partial charge in [-0.25, -0.2) is 4.79 Å². The Morgan fingerprint density at radius 3 is 2.18 bits per heavy atom. The van der Waals surface area contributed by atoms with Gasteiger partial charge in [-0.1, -0.05) is 44.0 Å². The van der Waals surface area contributed by atoms with Gasteiger partial charge in [-0.2, -0.15) is 0 Å². The lowest BCUT2D eigenvalue weighted by molar-refractivity contribution is -0.146. The van der Waals surface area contributed by atoms with Gasteiger partial charge in [-0.15, -0.1) is 0 Å². The average Bonchev–Trinajstić information content (AvgIpc) is 2.69. The third kappa shape index (κ3) is 8.71. The fraction of sp³-hybridized carbons (Fsp3) is 0.654. The molecule has 1 unspecified atom stereocenters. The average molecular weight is 462 g/mol. The van der Waals surface area contributed by atoms with E-state index in [0.717, 1.165) is 29.5 Å². The molecule has 3 amide bonds. The van der Waals surface area contributed by atoms with Gasteiger partial charge in [0.2, 0.25) is 11.8 Å². The number of carbonyl (C=O) groups excluding carboxylic acids is 3. The highest BCUT2D eigenvalue weighted by Gasteiger charge is 2.40. The van der Waals surface area contributed by atoms with Crippen molar-refractivity contribution in [3.05, 3.63) is 34.9 Å². The third-order valence-corrected chi connectivity index (χ3v) is 5.62. The van der Waals surface area contributed by atoms with E-state index in [9.17, 15) is 14.4 Å². The first-order chi connectivity index (χ1) is 15.2. The van der Waals surface area contributed by atoms with Crippen molar-refractivity contribution in [2.45, 2.75) is 98.8 Å². The minimum Gasteiger partial charge on any atom is -0.444 e. The van der Waals surface area contributed by atoms with E-state index in [1.54, 1.807) is 25.7 Å². The molecule has 0 saturated heterocycles. The molecule has 7 heteroatoms. The zero-order valence-electron chi connectivity index (χ0n) is 21.9. The van der Waals surface area contributed by atoms with Crippen LogP contribution in [0.4, 0.5) is 4.79 Å². The lowest BCUT2D eigenvalue weighted by Gasteiger charge is -2.43. The second-order valence-electron chi connectivity index (χ2n) is 10.2. The molecule has 0 bridgehead atoms. The Hall–Kier alpha value is -2.57. The van der Waals surface area contributed by atoms with Crippen LogP contribution in [0.5, 0.6) is 0 Å². The van der Waals surface area contributed by atoms with Crippen LogP contribution in [0.25, 0.3) is 0 Å². The SMILES string of the molecule is CCCCNC(=O)C(c1ccc(C)cc1C)N(C(=O)CNC(=O)OC(C)(C)C)C(C)(C)CC. The first kappa shape index (κ1) is 28.5. The summed E-state index contributed by atoms with van der Waals surface area (Å²) in [5.74, 6) is -0.564. The summed E-state index contributed by atoms with van der Waals surface area (Å²) in [7, 11) is 0. The number of carbonyl (C=O) groups is 3. The fourth-order valence-corrected chi connectivity index (χ4v) is 3.56. The number of alkyl carbamates (subject to hydrolysis) is 1. The molecule has 33 heavy (non-hydrogen) atoms. The van der Waals surface area contributed by atoms with Gasteiger partial charge in [0, 0.05) is 12.1 Å². The topological polar surface area (TPSA) is 87.7 Å². The number of ether oxygens (including phenoxy) is 1. The fourth-order valence-electron chi connectivity index (χ4n) is 3.56. The lowest BCUT2D eigenvalue weighted by Crippen LogP contribution is -2.56. The van der Waals surface area contributed by atoms with E-state index in [1.807, 2.05) is 52.8 Å². The molecule has 0 aliphatic carbocycles. The number of aryl methyl sites for hydroxylation is 2. The monoisotopic (exact) mass is 461 g/mol. The van der Waals surface area contributed by atoms with Crippen molar-refractivity contribution in [1.29, 1.82) is 0 Å². The summed E-state index contributed by atoms with van der Waals surface area (Å²) >= 11 is 0. The molecular formula is C26H43N3O4. The maximum atomic E-state index is 13.5. The van der Waals surface area contributed by atoms with Crippen molar-refractivity contribution in [2.75, 3.05) is 13.1 Å². The van der Waals surface area contributed by atoms with Crippen molar-refractivity contribution >= 4 is 17.9 Å². The number of benzene rings is 1. The summed E-state index contributed by atoms with van der Waals surface area (Å²) in [6.45, 7) is 17.4. The highest BCUT2D eigenvalue weighted by Crippen LogP contribution is 2.33. The molecule has 0 aromatic heterocycles. The number of rotatable bonds is 10. The van der Waals surface area contributed by atoms with Gasteiger partial charge in [0.15, 0.2) is 0 Å². The van der Waals surface area contributed by atoms with E-state index in [0.29, 0.717) is 13.0 Å². The molecule has 0 heterocycles. The Morgan fingerprint density at radius 1 is 1.03 bits per heavy atom. The maximum Gasteiger partial charge on any atom is 0.408 e. The van der Waals surface area contributed by atoms with Gasteiger partial charge >= 0.3 is 6.09 Å². The number of hydrogen-bond donors (Lipinski definition) is 2. The van der Waals surface area contributed by atoms with Gasteiger partial charge in [0.25, 0.3) is 0 Å². The predicted molar refractivity (Wildman–Crippen MR) is 132 cm³/mol. The molecule has 0 fully saturated rings. The van der Waals surface area contributed by atoms with E-state index >= 15 is 0 Å². The molecule has 186 valence electrons. The molecule has 0 spiro atoms. The molecule has 0 radical (unpaired) electrons. The largest absolute Gasteiger partial charge is 0.444 e. The van der Waals surface area contributed by atoms with Gasteiger partial charge in [-0.05, 0) is 72.4 Å². The number of amides is 3. The van der Waals surface area contributed by atoms with Crippen molar-refractivity contribution in [2.24, 2.45) is 0 Å². The summed E-state index contributed by atoms with van der Waals surface area (Å²) in [4.78, 5) is 40.8. The first-order valence-corrected chi connectivity index (χ1v) is 11.9. The number of nitrogens with zero attached hydrogens (tertiary/aromatic N) is 1. The Morgan fingerprint density at radius 2 is 1.67 bits per heavy atom. The number of unbranched alkanes of at least 4 members (excludes halogenated alkanes) is 1. The molecule has 1 aromatic rings. The number of nitrogens with one attached hydrogen (secondary N) is 2. The minimum absolute atomic E-state index is 0.220. The van der Waals surface area contributed by atoms with Gasteiger partial charge < -0.3 is 20.3 Å². The van der Waals surface area contributed by atoms with Crippen LogP contribution in [0.15, 0.2) is 18.2 Å². The zero-order chi connectivity index (χ0) is 25.4. The van der Waals surface area contributed by atoms with E-state index < -0.39 is 23.3 Å². The van der Waals surface area contributed by atoms with Crippen molar-refractivity contribution in [3.63, 3.8) is 0 Å². The van der Waals surface area contributed by atoms with Crippen molar-refractivity contribution < 1.29 is 19.1 Å². The van der Waals surface area contributed by atoms with Crippen molar-refractivity contribution in [3.8, 4) is 0 Å². The Balaban J connectivity index is 3.37. The molecule has 1 atom stereocenters. The third-order valence-electron chi connectivity index (χ3n) is 5.62. The van der Waals surface area contributed by atoms with Gasteiger partial charge in [0.05, 0.1) is 0 Å². The zero-order valence-corrected chi connectivity index (χ0v) is 21.9. The summed E-state index contributed by atoms with van der Waals surface area (Å²) in [6, 6.07) is 5.07. The van der Waals surface area contributed by atoms with E-state index in [2.05, 4.69) is 17.6 Å². The van der Waals surface area contributed by atoms with Crippen LogP contribution in [0, 0.1) is 13.8 Å². The van der Waals surface area contributed by atoms with Crippen LogP contribution in [0.3, 0.4) is 0 Å². The molecule has 7 nitrogen and oxygen atoms in total. The van der Waals surface area contributed by atoms with E-state index in [1.165, 1.54) is 0 Å². The first-order valence-electron chi connectivity index (χ1n) is 11.9. The lowest BCUT2D eigenvalue weighted by atomic mass is 9.90. The smallest absolute Gasteiger partial charge is 0.408 e. The summed E-state index contributed by atoms with van der Waals surface area (Å²) in [6.07, 6.45) is 1.78. The molecule has 0 aliphatic rings. The highest BCUT2D eigenvalue weighted by atomic mass is 16.6. The molecule has 0 aliphatic heterocycles. The van der Waals surface area contributed by atoms with Crippen LogP contribution in [-0.2, 0) is 14.3 Å². The molecule has 2 N–H and O–H groups in total. The minimum atomic E-state index is -0.814.